The van der Waals surface area contributed by atoms with Gasteiger partial charge < -0.3 is 10.0 Å². The zero-order chi connectivity index (χ0) is 26.7. The highest BCUT2D eigenvalue weighted by atomic mass is 32.2. The van der Waals surface area contributed by atoms with Crippen molar-refractivity contribution in [1.82, 2.24) is 0 Å². The molecule has 0 saturated heterocycles. The third-order valence-corrected chi connectivity index (χ3v) is 11.2. The van der Waals surface area contributed by atoms with Crippen molar-refractivity contribution < 1.29 is 22.7 Å². The number of rotatable bonds is 10. The van der Waals surface area contributed by atoms with Gasteiger partial charge in [-0.25, -0.2) is 12.8 Å². The van der Waals surface area contributed by atoms with Crippen molar-refractivity contribution in [2.24, 2.45) is 5.41 Å². The van der Waals surface area contributed by atoms with Crippen LogP contribution in [0.25, 0.3) is 0 Å². The zero-order valence-corrected chi connectivity index (χ0v) is 24.1. The van der Waals surface area contributed by atoms with Gasteiger partial charge in [0.15, 0.2) is 9.84 Å². The Hall–Kier alpha value is -1.71. The van der Waals surface area contributed by atoms with Crippen LogP contribution in [0.1, 0.15) is 58.9 Å². The summed E-state index contributed by atoms with van der Waals surface area (Å²) in [5.74, 6) is -0.824. The predicted octanol–water partition coefficient (Wildman–Crippen LogP) is 7.16. The van der Waals surface area contributed by atoms with E-state index >= 15 is 0 Å². The minimum absolute atomic E-state index is 0.0486. The van der Waals surface area contributed by atoms with Crippen LogP contribution in [-0.4, -0.2) is 42.8 Å². The normalized spacial score (nSPS) is 19.6. The van der Waals surface area contributed by atoms with Crippen molar-refractivity contribution in [3.05, 3.63) is 47.8 Å². The molecule has 1 N–H and O–H groups in total. The fourth-order valence-corrected chi connectivity index (χ4v) is 8.37. The number of anilines is 2. The van der Waals surface area contributed by atoms with E-state index in [-0.39, 0.29) is 16.5 Å². The van der Waals surface area contributed by atoms with Crippen molar-refractivity contribution in [1.29, 1.82) is 0 Å². The number of aliphatic carboxylic acids is 1. The first kappa shape index (κ1) is 28.9. The van der Waals surface area contributed by atoms with Crippen LogP contribution in [0, 0.1) is 11.2 Å². The van der Waals surface area contributed by atoms with E-state index < -0.39 is 26.0 Å². The standard InChI is InChI=1S/C27H36FNO4S3/c1-6-8-13-27(7-2)17-29(21-11-9-20(28)10-12-21)22-15-23(34-5)19(14-24(22)36(32,33)18-27)16-35-26(3,4)25(30)31/h9-12,14-15H,6-8,13,16-18H2,1-5H3,(H,30,31)/t27-/m0/s1. The van der Waals surface area contributed by atoms with Crippen LogP contribution in [0.4, 0.5) is 15.8 Å². The van der Waals surface area contributed by atoms with E-state index in [1.165, 1.54) is 35.7 Å². The molecule has 9 heteroatoms. The van der Waals surface area contributed by atoms with Crippen LogP contribution in [0.2, 0.25) is 0 Å². The van der Waals surface area contributed by atoms with Crippen molar-refractivity contribution >= 4 is 50.7 Å². The molecule has 0 aliphatic carbocycles. The second-order valence-electron chi connectivity index (χ2n) is 10.0. The number of unbranched alkanes of at least 4 members (excludes halogenated alkanes) is 1. The van der Waals surface area contributed by atoms with Crippen LogP contribution < -0.4 is 4.90 Å². The number of hydrogen-bond acceptors (Lipinski definition) is 6. The van der Waals surface area contributed by atoms with Crippen LogP contribution in [-0.2, 0) is 20.4 Å². The molecule has 2 aromatic rings. The highest BCUT2D eigenvalue weighted by Gasteiger charge is 2.42. The molecular weight excluding hydrogens is 517 g/mol. The number of nitrogens with zero attached hydrogens (tertiary/aromatic N) is 1. The van der Waals surface area contributed by atoms with Gasteiger partial charge in [0.1, 0.15) is 10.6 Å². The maximum absolute atomic E-state index is 13.9. The molecule has 0 spiro atoms. The lowest BCUT2D eigenvalue weighted by molar-refractivity contribution is -0.138. The Balaban J connectivity index is 2.21. The summed E-state index contributed by atoms with van der Waals surface area (Å²) < 4.78 is 40.6. The molecule has 0 saturated carbocycles. The maximum atomic E-state index is 13.9. The number of carboxylic acid groups (broad SMARTS) is 1. The SMILES string of the molecule is CCCC[C@@]1(CC)CN(c2ccc(F)cc2)c2cc(SC)c(CSC(C)(C)C(=O)O)cc2S(=O)(=O)C1. The Morgan fingerprint density at radius 1 is 1.19 bits per heavy atom. The van der Waals surface area contributed by atoms with E-state index in [0.717, 1.165) is 35.4 Å². The van der Waals surface area contributed by atoms with E-state index in [0.29, 0.717) is 24.4 Å². The molecule has 0 bridgehead atoms. The molecule has 1 aliphatic rings. The van der Waals surface area contributed by atoms with Gasteiger partial charge in [0, 0.05) is 28.3 Å². The summed E-state index contributed by atoms with van der Waals surface area (Å²) in [6.45, 7) is 7.98. The van der Waals surface area contributed by atoms with Crippen molar-refractivity contribution in [3.63, 3.8) is 0 Å². The smallest absolute Gasteiger partial charge is 0.319 e. The Kier molecular flexibility index (Phi) is 9.10. The number of hydrogen-bond donors (Lipinski definition) is 1. The predicted molar refractivity (Wildman–Crippen MR) is 149 cm³/mol. The topological polar surface area (TPSA) is 74.7 Å². The lowest BCUT2D eigenvalue weighted by atomic mass is 9.81. The number of carboxylic acids is 1. The van der Waals surface area contributed by atoms with Crippen molar-refractivity contribution in [3.8, 4) is 0 Å². The van der Waals surface area contributed by atoms with Gasteiger partial charge in [0.2, 0.25) is 0 Å². The van der Waals surface area contributed by atoms with Crippen molar-refractivity contribution in [2.45, 2.75) is 73.7 Å². The van der Waals surface area contributed by atoms with E-state index in [2.05, 4.69) is 6.92 Å². The first-order valence-electron chi connectivity index (χ1n) is 12.2. The second-order valence-corrected chi connectivity index (χ2v) is 14.4. The highest BCUT2D eigenvalue weighted by Crippen LogP contribution is 2.46. The molecule has 5 nitrogen and oxygen atoms in total. The van der Waals surface area contributed by atoms with Crippen molar-refractivity contribution in [2.75, 3.05) is 23.5 Å². The average Bonchev–Trinajstić information content (AvgIpc) is 2.93. The molecule has 1 heterocycles. The molecule has 36 heavy (non-hydrogen) atoms. The fraction of sp³-hybridized carbons (Fsp3) is 0.519. The summed E-state index contributed by atoms with van der Waals surface area (Å²) in [5.41, 5.74) is 1.72. The van der Waals surface area contributed by atoms with E-state index in [1.807, 2.05) is 24.1 Å². The van der Waals surface area contributed by atoms with Gasteiger partial charge in [-0.05, 0) is 74.9 Å². The van der Waals surface area contributed by atoms with Crippen LogP contribution in [0.3, 0.4) is 0 Å². The molecule has 2 aromatic carbocycles. The summed E-state index contributed by atoms with van der Waals surface area (Å²) in [6.07, 6.45) is 5.34. The van der Waals surface area contributed by atoms with E-state index in [1.54, 1.807) is 32.0 Å². The molecule has 0 fully saturated rings. The number of sulfone groups is 1. The largest absolute Gasteiger partial charge is 0.480 e. The Morgan fingerprint density at radius 2 is 1.86 bits per heavy atom. The molecule has 0 radical (unpaired) electrons. The monoisotopic (exact) mass is 553 g/mol. The molecule has 0 aromatic heterocycles. The Bertz CT molecular complexity index is 1200. The van der Waals surface area contributed by atoms with E-state index in [9.17, 15) is 22.7 Å². The minimum Gasteiger partial charge on any atom is -0.480 e. The minimum atomic E-state index is -3.65. The van der Waals surface area contributed by atoms with Gasteiger partial charge in [-0.1, -0.05) is 26.7 Å². The van der Waals surface area contributed by atoms with Crippen LogP contribution in [0.15, 0.2) is 46.2 Å². The van der Waals surface area contributed by atoms with Gasteiger partial charge in [0.05, 0.1) is 16.3 Å². The highest BCUT2D eigenvalue weighted by molar-refractivity contribution is 8.00. The molecule has 1 atom stereocenters. The zero-order valence-electron chi connectivity index (χ0n) is 21.6. The third-order valence-electron chi connectivity index (χ3n) is 7.03. The quantitative estimate of drug-likeness (QED) is 0.313. The lowest BCUT2D eigenvalue weighted by Gasteiger charge is -2.36. The molecular formula is C27H36FNO4S3. The molecule has 3 rings (SSSR count). The molecule has 0 unspecified atom stereocenters. The lowest BCUT2D eigenvalue weighted by Crippen LogP contribution is -2.37. The van der Waals surface area contributed by atoms with Gasteiger partial charge in [-0.15, -0.1) is 23.5 Å². The molecule has 0 amide bonds. The first-order chi connectivity index (χ1) is 16.9. The fourth-order valence-electron chi connectivity index (χ4n) is 4.57. The summed E-state index contributed by atoms with van der Waals surface area (Å²) in [4.78, 5) is 14.8. The summed E-state index contributed by atoms with van der Waals surface area (Å²) in [5, 5.41) is 9.54. The van der Waals surface area contributed by atoms with Gasteiger partial charge >= 0.3 is 5.97 Å². The summed E-state index contributed by atoms with van der Waals surface area (Å²) in [7, 11) is -3.65. The maximum Gasteiger partial charge on any atom is 0.319 e. The molecule has 1 aliphatic heterocycles. The third kappa shape index (κ3) is 6.22. The van der Waals surface area contributed by atoms with Gasteiger partial charge in [-0.3, -0.25) is 4.79 Å². The number of fused-ring (bicyclic) bond motifs is 1. The summed E-state index contributed by atoms with van der Waals surface area (Å²) >= 11 is 2.79. The van der Waals surface area contributed by atoms with Crippen LogP contribution in [0.5, 0.6) is 0 Å². The Morgan fingerprint density at radius 3 is 2.42 bits per heavy atom. The number of benzene rings is 2. The number of thioether (sulfide) groups is 2. The number of carbonyl (C=O) groups is 1. The number of halogens is 1. The van der Waals surface area contributed by atoms with Gasteiger partial charge in [-0.2, -0.15) is 0 Å². The van der Waals surface area contributed by atoms with E-state index in [4.69, 9.17) is 0 Å². The first-order valence-corrected chi connectivity index (χ1v) is 16.1. The van der Waals surface area contributed by atoms with Gasteiger partial charge in [0.25, 0.3) is 0 Å². The Labute approximate surface area is 223 Å². The average molecular weight is 554 g/mol. The molecule has 198 valence electrons. The second kappa shape index (κ2) is 11.4. The summed E-state index contributed by atoms with van der Waals surface area (Å²) in [6, 6.07) is 9.87. The van der Waals surface area contributed by atoms with Crippen LogP contribution >= 0.6 is 23.5 Å².